The van der Waals surface area contributed by atoms with Gasteiger partial charge in [-0.3, -0.25) is 9.48 Å². The Labute approximate surface area is 134 Å². The average molecular weight is 309 g/mol. The van der Waals surface area contributed by atoms with Crippen LogP contribution in [0.2, 0.25) is 0 Å². The van der Waals surface area contributed by atoms with Crippen LogP contribution < -0.4 is 10.1 Å². The third-order valence-electron chi connectivity index (χ3n) is 3.73. The van der Waals surface area contributed by atoms with E-state index < -0.39 is 0 Å². The molecular formula is C18H19N3O2. The zero-order chi connectivity index (χ0) is 16.1. The summed E-state index contributed by atoms with van der Waals surface area (Å²) in [7, 11) is 1.56. The molecule has 0 aliphatic heterocycles. The zero-order valence-corrected chi connectivity index (χ0v) is 13.0. The van der Waals surface area contributed by atoms with Gasteiger partial charge in [-0.1, -0.05) is 30.3 Å². The van der Waals surface area contributed by atoms with Crippen molar-refractivity contribution in [2.24, 2.45) is 0 Å². The number of benzene rings is 2. The number of aromatic nitrogens is 2. The van der Waals surface area contributed by atoms with E-state index in [1.165, 1.54) is 0 Å². The second-order valence-corrected chi connectivity index (χ2v) is 5.24. The first-order valence-electron chi connectivity index (χ1n) is 7.61. The Hall–Kier alpha value is -2.82. The predicted octanol–water partition coefficient (Wildman–Crippen LogP) is 2.87. The highest BCUT2D eigenvalue weighted by atomic mass is 16.5. The van der Waals surface area contributed by atoms with Crippen LogP contribution in [-0.4, -0.2) is 29.3 Å². The first-order valence-corrected chi connectivity index (χ1v) is 7.61. The molecule has 3 rings (SSSR count). The third-order valence-corrected chi connectivity index (χ3v) is 3.73. The number of hydrogen-bond donors (Lipinski definition) is 1. The lowest BCUT2D eigenvalue weighted by Crippen LogP contribution is -2.25. The molecule has 0 saturated carbocycles. The van der Waals surface area contributed by atoms with Crippen molar-refractivity contribution in [3.8, 4) is 5.75 Å². The molecule has 5 nitrogen and oxygen atoms in total. The zero-order valence-electron chi connectivity index (χ0n) is 13.0. The molecule has 1 heterocycles. The fraction of sp³-hybridized carbons (Fsp3) is 0.222. The Balaban J connectivity index is 1.54. The summed E-state index contributed by atoms with van der Waals surface area (Å²) in [6.07, 6.45) is 2.68. The van der Waals surface area contributed by atoms with Crippen molar-refractivity contribution in [3.05, 3.63) is 60.3 Å². The second-order valence-electron chi connectivity index (χ2n) is 5.24. The van der Waals surface area contributed by atoms with Crippen molar-refractivity contribution in [2.75, 3.05) is 13.7 Å². The van der Waals surface area contributed by atoms with Crippen LogP contribution in [0.15, 0.2) is 54.7 Å². The quantitative estimate of drug-likeness (QED) is 0.712. The minimum Gasteiger partial charge on any atom is -0.496 e. The lowest BCUT2D eigenvalue weighted by atomic mass is 10.2. The summed E-state index contributed by atoms with van der Waals surface area (Å²) in [6.45, 7) is 1.35. The number of fused-ring (bicyclic) bond motifs is 1. The summed E-state index contributed by atoms with van der Waals surface area (Å²) >= 11 is 0. The van der Waals surface area contributed by atoms with Gasteiger partial charge in [0.15, 0.2) is 0 Å². The van der Waals surface area contributed by atoms with Crippen LogP contribution in [0.5, 0.6) is 5.75 Å². The van der Waals surface area contributed by atoms with Gasteiger partial charge >= 0.3 is 0 Å². The molecule has 0 radical (unpaired) electrons. The molecule has 0 unspecified atom stereocenters. The Morgan fingerprint density at radius 3 is 2.83 bits per heavy atom. The molecule has 0 saturated heterocycles. The highest BCUT2D eigenvalue weighted by molar-refractivity contribution is 5.96. The lowest BCUT2D eigenvalue weighted by Gasteiger charge is -2.09. The highest BCUT2D eigenvalue weighted by Crippen LogP contribution is 2.17. The van der Waals surface area contributed by atoms with Gasteiger partial charge in [-0.05, 0) is 24.6 Å². The molecule has 1 N–H and O–H groups in total. The molecular weight excluding hydrogens is 290 g/mol. The Morgan fingerprint density at radius 1 is 1.17 bits per heavy atom. The van der Waals surface area contributed by atoms with E-state index in [2.05, 4.69) is 16.5 Å². The number of nitrogens with zero attached hydrogens (tertiary/aromatic N) is 2. The number of hydrogen-bond acceptors (Lipinski definition) is 3. The molecule has 0 aliphatic rings. The van der Waals surface area contributed by atoms with Crippen LogP contribution in [0.3, 0.4) is 0 Å². The number of carbonyl (C=O) groups is 1. The van der Waals surface area contributed by atoms with Crippen LogP contribution in [0.1, 0.15) is 16.8 Å². The van der Waals surface area contributed by atoms with E-state index in [0.717, 1.165) is 23.9 Å². The van der Waals surface area contributed by atoms with Crippen LogP contribution in [0, 0.1) is 0 Å². The summed E-state index contributed by atoms with van der Waals surface area (Å²) in [5, 5.41) is 8.44. The molecule has 3 aromatic rings. The molecule has 1 amide bonds. The van der Waals surface area contributed by atoms with E-state index in [4.69, 9.17) is 4.74 Å². The number of aryl methyl sites for hydroxylation is 1. The highest BCUT2D eigenvalue weighted by Gasteiger charge is 2.10. The monoisotopic (exact) mass is 309 g/mol. The molecule has 0 atom stereocenters. The predicted molar refractivity (Wildman–Crippen MR) is 89.7 cm³/mol. The van der Waals surface area contributed by atoms with Crippen LogP contribution >= 0.6 is 0 Å². The smallest absolute Gasteiger partial charge is 0.255 e. The standard InChI is InChI=1S/C18H19N3O2/c1-23-17-10-5-3-8-15(17)18(22)19-11-6-12-21-16-9-4-2-7-14(16)13-20-21/h2-5,7-10,13H,6,11-12H2,1H3,(H,19,22). The minimum atomic E-state index is -0.118. The topological polar surface area (TPSA) is 56.1 Å². The van der Waals surface area contributed by atoms with Gasteiger partial charge in [0.1, 0.15) is 5.75 Å². The number of para-hydroxylation sites is 2. The van der Waals surface area contributed by atoms with E-state index >= 15 is 0 Å². The van der Waals surface area contributed by atoms with E-state index in [1.54, 1.807) is 19.2 Å². The maximum absolute atomic E-state index is 12.2. The van der Waals surface area contributed by atoms with Crippen molar-refractivity contribution >= 4 is 16.8 Å². The van der Waals surface area contributed by atoms with Crippen molar-refractivity contribution in [3.63, 3.8) is 0 Å². The molecule has 0 aliphatic carbocycles. The summed E-state index contributed by atoms with van der Waals surface area (Å²) in [5.74, 6) is 0.468. The van der Waals surface area contributed by atoms with Gasteiger partial charge in [0.25, 0.3) is 5.91 Å². The number of carbonyl (C=O) groups excluding carboxylic acids is 1. The van der Waals surface area contributed by atoms with Gasteiger partial charge in [-0.25, -0.2) is 0 Å². The molecule has 23 heavy (non-hydrogen) atoms. The number of nitrogens with one attached hydrogen (secondary N) is 1. The third kappa shape index (κ3) is 3.34. The van der Waals surface area contributed by atoms with Crippen LogP contribution in [-0.2, 0) is 6.54 Å². The molecule has 0 spiro atoms. The second kappa shape index (κ2) is 6.96. The number of amides is 1. The average Bonchev–Trinajstić information content (AvgIpc) is 3.01. The molecule has 1 aromatic heterocycles. The molecule has 118 valence electrons. The molecule has 0 bridgehead atoms. The largest absolute Gasteiger partial charge is 0.496 e. The first-order chi connectivity index (χ1) is 11.3. The number of rotatable bonds is 6. The Bertz CT molecular complexity index is 811. The van der Waals surface area contributed by atoms with Gasteiger partial charge in [0.05, 0.1) is 24.4 Å². The summed E-state index contributed by atoms with van der Waals surface area (Å²) in [4.78, 5) is 12.2. The minimum absolute atomic E-state index is 0.118. The van der Waals surface area contributed by atoms with Gasteiger partial charge in [0, 0.05) is 18.5 Å². The van der Waals surface area contributed by atoms with Gasteiger partial charge in [-0.15, -0.1) is 0 Å². The van der Waals surface area contributed by atoms with E-state index in [-0.39, 0.29) is 5.91 Å². The van der Waals surface area contributed by atoms with Crippen LogP contribution in [0.25, 0.3) is 10.9 Å². The maximum atomic E-state index is 12.2. The Kier molecular flexibility index (Phi) is 4.57. The molecule has 0 fully saturated rings. The fourth-order valence-electron chi connectivity index (χ4n) is 2.56. The van der Waals surface area contributed by atoms with E-state index in [0.29, 0.717) is 17.9 Å². The first kappa shape index (κ1) is 15.1. The van der Waals surface area contributed by atoms with E-state index in [1.807, 2.05) is 41.2 Å². The summed E-state index contributed by atoms with van der Waals surface area (Å²) in [5.41, 5.74) is 1.67. The molecule has 2 aromatic carbocycles. The van der Waals surface area contributed by atoms with Gasteiger partial charge in [0.2, 0.25) is 0 Å². The normalized spacial score (nSPS) is 10.7. The summed E-state index contributed by atoms with van der Waals surface area (Å²) < 4.78 is 7.17. The van der Waals surface area contributed by atoms with Crippen LogP contribution in [0.4, 0.5) is 0 Å². The number of methoxy groups -OCH3 is 1. The summed E-state index contributed by atoms with van der Waals surface area (Å²) in [6, 6.07) is 15.3. The van der Waals surface area contributed by atoms with Gasteiger partial charge in [-0.2, -0.15) is 5.10 Å². The van der Waals surface area contributed by atoms with Crippen molar-refractivity contribution in [2.45, 2.75) is 13.0 Å². The maximum Gasteiger partial charge on any atom is 0.255 e. The van der Waals surface area contributed by atoms with Crippen molar-refractivity contribution in [1.29, 1.82) is 0 Å². The fourth-order valence-corrected chi connectivity index (χ4v) is 2.56. The molecule has 5 heteroatoms. The van der Waals surface area contributed by atoms with Gasteiger partial charge < -0.3 is 10.1 Å². The number of ether oxygens (including phenoxy) is 1. The SMILES string of the molecule is COc1ccccc1C(=O)NCCCn1ncc2ccccc21. The Morgan fingerprint density at radius 2 is 1.96 bits per heavy atom. The lowest BCUT2D eigenvalue weighted by molar-refractivity contribution is 0.0949. The van der Waals surface area contributed by atoms with Crippen molar-refractivity contribution in [1.82, 2.24) is 15.1 Å². The van der Waals surface area contributed by atoms with Crippen molar-refractivity contribution < 1.29 is 9.53 Å². The van der Waals surface area contributed by atoms with E-state index in [9.17, 15) is 4.79 Å².